The second-order valence-electron chi connectivity index (χ2n) is 9.90. The number of furan rings is 1. The molecule has 0 aliphatic rings. The Morgan fingerprint density at radius 2 is 1.80 bits per heavy atom. The van der Waals surface area contributed by atoms with E-state index in [4.69, 9.17) is 9.15 Å². The summed E-state index contributed by atoms with van der Waals surface area (Å²) in [5, 5.41) is 6.10. The Hall–Kier alpha value is -4.56. The maximum atomic E-state index is 15.1. The Morgan fingerprint density at radius 3 is 2.55 bits per heavy atom. The van der Waals surface area contributed by atoms with Crippen LogP contribution in [-0.2, 0) is 29.2 Å². The van der Waals surface area contributed by atoms with Crippen LogP contribution in [0.4, 0.5) is 33.5 Å². The highest BCUT2D eigenvalue weighted by Crippen LogP contribution is 2.39. The summed E-state index contributed by atoms with van der Waals surface area (Å²) in [6.45, 7) is 0.148. The first-order chi connectivity index (χ1) is 20.9. The molecular weight excluding hydrogens is 607 g/mol. The number of anilines is 2. The third-order valence-electron chi connectivity index (χ3n) is 6.43. The molecule has 2 N–H and O–H groups in total. The van der Waals surface area contributed by atoms with Crippen molar-refractivity contribution in [2.45, 2.75) is 19.3 Å². The highest BCUT2D eigenvalue weighted by molar-refractivity contribution is 7.90. The van der Waals surface area contributed by atoms with Crippen LogP contribution in [-0.4, -0.2) is 36.9 Å². The molecule has 0 aliphatic heterocycles. The fourth-order valence-electron chi connectivity index (χ4n) is 4.33. The Balaban J connectivity index is 1.39. The molecule has 5 aromatic rings. The molecule has 0 bridgehead atoms. The van der Waals surface area contributed by atoms with E-state index >= 15 is 4.39 Å². The van der Waals surface area contributed by atoms with Gasteiger partial charge in [-0.15, -0.1) is 0 Å². The maximum Gasteiger partial charge on any atom is 0.420 e. The Bertz CT molecular complexity index is 1910. The summed E-state index contributed by atoms with van der Waals surface area (Å²) in [6.07, 6.45) is -2.49. The van der Waals surface area contributed by atoms with Crippen LogP contribution in [0.25, 0.3) is 22.2 Å². The second-order valence-corrected chi connectivity index (χ2v) is 12.2. The van der Waals surface area contributed by atoms with Crippen LogP contribution in [0.1, 0.15) is 16.9 Å². The van der Waals surface area contributed by atoms with Gasteiger partial charge < -0.3 is 19.8 Å². The number of halogens is 5. The summed E-state index contributed by atoms with van der Waals surface area (Å²) in [6, 6.07) is 14.5. The molecule has 5 rings (SSSR count). The van der Waals surface area contributed by atoms with Crippen LogP contribution in [0.15, 0.2) is 77.5 Å². The van der Waals surface area contributed by atoms with E-state index in [0.29, 0.717) is 16.7 Å². The number of fused-ring (bicyclic) bond motifs is 1. The normalized spacial score (nSPS) is 12.0. The summed E-state index contributed by atoms with van der Waals surface area (Å²) in [4.78, 5) is 8.23. The van der Waals surface area contributed by atoms with E-state index in [2.05, 4.69) is 20.6 Å². The highest BCUT2D eigenvalue weighted by atomic mass is 32.2. The fraction of sp³-hybridized carbons (Fsp3) is 0.200. The smallest absolute Gasteiger partial charge is 0.420 e. The minimum Gasteiger partial charge on any atom is -0.488 e. The van der Waals surface area contributed by atoms with Gasteiger partial charge >= 0.3 is 6.18 Å². The van der Waals surface area contributed by atoms with Crippen LogP contribution < -0.4 is 15.4 Å². The Labute approximate surface area is 248 Å². The summed E-state index contributed by atoms with van der Waals surface area (Å²) in [5.74, 6) is -0.936. The monoisotopic (exact) mass is 632 g/mol. The quantitative estimate of drug-likeness (QED) is 0.123. The van der Waals surface area contributed by atoms with Crippen LogP contribution in [0.3, 0.4) is 0 Å². The van der Waals surface area contributed by atoms with E-state index in [1.807, 2.05) is 0 Å². The van der Waals surface area contributed by atoms with Crippen molar-refractivity contribution >= 4 is 32.2 Å². The molecule has 0 amide bonds. The van der Waals surface area contributed by atoms with Crippen LogP contribution >= 0.6 is 0 Å². The molecule has 0 saturated heterocycles. The van der Waals surface area contributed by atoms with Gasteiger partial charge in [-0.25, -0.2) is 27.2 Å². The fourth-order valence-corrected chi connectivity index (χ4v) is 4.85. The van der Waals surface area contributed by atoms with Crippen molar-refractivity contribution in [2.75, 3.05) is 23.9 Å². The van der Waals surface area contributed by atoms with Crippen molar-refractivity contribution in [2.24, 2.45) is 0 Å². The first kappa shape index (κ1) is 30.9. The molecule has 0 aliphatic carbocycles. The van der Waals surface area contributed by atoms with Crippen molar-refractivity contribution in [3.8, 4) is 17.1 Å². The molecule has 2 heterocycles. The van der Waals surface area contributed by atoms with Gasteiger partial charge in [-0.3, -0.25) is 0 Å². The average molecular weight is 633 g/mol. The van der Waals surface area contributed by atoms with Crippen molar-refractivity contribution in [3.63, 3.8) is 0 Å². The first-order valence-corrected chi connectivity index (χ1v) is 15.2. The number of ether oxygens (including phenoxy) is 1. The van der Waals surface area contributed by atoms with Gasteiger partial charge in [0.1, 0.15) is 57.5 Å². The molecule has 230 valence electrons. The lowest BCUT2D eigenvalue weighted by Crippen LogP contribution is -2.21. The third kappa shape index (κ3) is 7.68. The molecule has 14 heteroatoms. The average Bonchev–Trinajstić information content (AvgIpc) is 3.42. The van der Waals surface area contributed by atoms with Crippen molar-refractivity contribution < 1.29 is 39.5 Å². The number of nitrogens with zero attached hydrogens (tertiary/aromatic N) is 2. The van der Waals surface area contributed by atoms with Gasteiger partial charge in [0.15, 0.2) is 0 Å². The third-order valence-corrected chi connectivity index (χ3v) is 7.38. The number of aromatic nitrogens is 2. The molecule has 0 atom stereocenters. The molecule has 0 saturated carbocycles. The molecule has 8 nitrogen and oxygen atoms in total. The van der Waals surface area contributed by atoms with Gasteiger partial charge in [0.2, 0.25) is 0 Å². The van der Waals surface area contributed by atoms with E-state index in [1.54, 1.807) is 12.1 Å². The predicted molar refractivity (Wildman–Crippen MR) is 154 cm³/mol. The molecule has 0 unspecified atom stereocenters. The van der Waals surface area contributed by atoms with Gasteiger partial charge in [-0.2, -0.15) is 13.2 Å². The molecule has 44 heavy (non-hydrogen) atoms. The topological polar surface area (TPSA) is 106 Å². The molecule has 0 radical (unpaired) electrons. The minimum absolute atomic E-state index is 0.0294. The molecule has 2 aromatic heterocycles. The van der Waals surface area contributed by atoms with Crippen LogP contribution in [0.2, 0.25) is 0 Å². The number of alkyl halides is 3. The number of benzene rings is 3. The lowest BCUT2D eigenvalue weighted by Gasteiger charge is -2.16. The van der Waals surface area contributed by atoms with Crippen molar-refractivity contribution in [1.82, 2.24) is 15.3 Å². The number of hydrogen-bond donors (Lipinski definition) is 2. The highest BCUT2D eigenvalue weighted by Gasteiger charge is 2.35. The van der Waals surface area contributed by atoms with Crippen molar-refractivity contribution in [1.29, 1.82) is 0 Å². The lowest BCUT2D eigenvalue weighted by atomic mass is 10.1. The molecular formula is C30H25F5N4O4S. The van der Waals surface area contributed by atoms with E-state index in [0.717, 1.165) is 30.8 Å². The number of nitrogens with one attached hydrogen (secondary N) is 2. The molecule has 3 aromatic carbocycles. The number of sulfone groups is 1. The van der Waals surface area contributed by atoms with Crippen LogP contribution in [0, 0.1) is 11.6 Å². The van der Waals surface area contributed by atoms with Gasteiger partial charge in [-0.1, -0.05) is 12.1 Å². The summed E-state index contributed by atoms with van der Waals surface area (Å²) in [7, 11) is -3.13. The Kier molecular flexibility index (Phi) is 8.83. The van der Waals surface area contributed by atoms with Crippen LogP contribution in [0.5, 0.6) is 5.75 Å². The number of rotatable bonds is 11. The van der Waals surface area contributed by atoms with Gasteiger partial charge in [0.05, 0.1) is 28.9 Å². The van der Waals surface area contributed by atoms with Crippen molar-refractivity contribution in [3.05, 3.63) is 102 Å². The van der Waals surface area contributed by atoms with E-state index < -0.39 is 39.0 Å². The Morgan fingerprint density at radius 1 is 0.977 bits per heavy atom. The minimum atomic E-state index is -4.77. The summed E-state index contributed by atoms with van der Waals surface area (Å²) >= 11 is 0. The van der Waals surface area contributed by atoms with Gasteiger partial charge in [0, 0.05) is 29.9 Å². The molecule has 0 spiro atoms. The SMILES string of the molecule is CS(=O)(=O)CCNCc1ccc(-c2cc3c(Nc4ccc(OCc5cccc(F)c5)c(C(F)(F)F)c4)ncnc3cc2F)o1. The number of hydrogen-bond acceptors (Lipinski definition) is 8. The van der Waals surface area contributed by atoms with E-state index in [9.17, 15) is 26.0 Å². The van der Waals surface area contributed by atoms with E-state index in [-0.39, 0.29) is 53.8 Å². The zero-order valence-electron chi connectivity index (χ0n) is 23.1. The standard InChI is InChI=1S/C30H25F5N4O4S/c1-44(40,41)10-9-36-15-21-6-8-27(43-21)22-13-23-26(14-25(22)32)37-17-38-29(23)39-20-5-7-28(24(12-20)30(33,34)35)42-16-18-3-2-4-19(31)11-18/h2-8,11-14,17,36H,9-10,15-16H2,1H3,(H,37,38,39). The maximum absolute atomic E-state index is 15.1. The van der Waals surface area contributed by atoms with Gasteiger partial charge in [-0.05, 0) is 54.1 Å². The second kappa shape index (κ2) is 12.6. The summed E-state index contributed by atoms with van der Waals surface area (Å²) in [5.41, 5.74) is -0.402. The lowest BCUT2D eigenvalue weighted by molar-refractivity contribution is -0.139. The van der Waals surface area contributed by atoms with E-state index in [1.165, 1.54) is 36.4 Å². The van der Waals surface area contributed by atoms with Gasteiger partial charge in [0.25, 0.3) is 0 Å². The first-order valence-electron chi connectivity index (χ1n) is 13.1. The summed E-state index contributed by atoms with van der Waals surface area (Å²) < 4.78 is 104. The predicted octanol–water partition coefficient (Wildman–Crippen LogP) is 6.64. The molecule has 0 fully saturated rings. The zero-order valence-corrected chi connectivity index (χ0v) is 23.9. The zero-order chi connectivity index (χ0) is 31.5. The largest absolute Gasteiger partial charge is 0.488 e.